The van der Waals surface area contributed by atoms with E-state index in [9.17, 15) is 0 Å². The van der Waals surface area contributed by atoms with E-state index in [4.69, 9.17) is 21.7 Å². The predicted molar refractivity (Wildman–Crippen MR) is 69.2 cm³/mol. The molecule has 6 nitrogen and oxygen atoms in total. The molecule has 0 bridgehead atoms. The van der Waals surface area contributed by atoms with Crippen molar-refractivity contribution < 1.29 is 0 Å². The summed E-state index contributed by atoms with van der Waals surface area (Å²) in [5.41, 5.74) is 10.5. The van der Waals surface area contributed by atoms with Gasteiger partial charge in [-0.3, -0.25) is 10.8 Å². The number of nitrogens with zero attached hydrogens (tertiary/aromatic N) is 3. The van der Waals surface area contributed by atoms with E-state index >= 15 is 0 Å². The van der Waals surface area contributed by atoms with E-state index in [1.54, 1.807) is 12.1 Å². The lowest BCUT2D eigenvalue weighted by Gasteiger charge is -2.07. The molecule has 0 amide bonds. The molecule has 0 saturated heterocycles. The summed E-state index contributed by atoms with van der Waals surface area (Å²) in [6.45, 7) is 3.70. The SMILES string of the molecule is Cc1cc(C)c(N/N=C(\C#N)C(=N)N)cc1C#N. The number of hydrazone groups is 1. The van der Waals surface area contributed by atoms with E-state index in [0.717, 1.165) is 11.1 Å². The Morgan fingerprint density at radius 2 is 2.00 bits per heavy atom. The highest BCUT2D eigenvalue weighted by atomic mass is 15.3. The largest absolute Gasteiger partial charge is 0.382 e. The lowest BCUT2D eigenvalue weighted by molar-refractivity contribution is 1.27. The number of aryl methyl sites for hydroxylation is 2. The Morgan fingerprint density at radius 1 is 1.33 bits per heavy atom. The maximum Gasteiger partial charge on any atom is 0.201 e. The zero-order valence-electron chi connectivity index (χ0n) is 10.1. The van der Waals surface area contributed by atoms with Gasteiger partial charge in [-0.2, -0.15) is 15.6 Å². The van der Waals surface area contributed by atoms with Gasteiger partial charge in [0.15, 0.2) is 5.84 Å². The van der Waals surface area contributed by atoms with Crippen molar-refractivity contribution in [2.75, 3.05) is 5.43 Å². The average molecular weight is 240 g/mol. The monoisotopic (exact) mass is 240 g/mol. The summed E-state index contributed by atoms with van der Waals surface area (Å²) in [6.07, 6.45) is 0. The molecule has 0 radical (unpaired) electrons. The normalized spacial score (nSPS) is 10.3. The maximum atomic E-state index is 8.93. The van der Waals surface area contributed by atoms with Gasteiger partial charge in [0.25, 0.3) is 0 Å². The van der Waals surface area contributed by atoms with Crippen molar-refractivity contribution in [3.05, 3.63) is 28.8 Å². The van der Waals surface area contributed by atoms with Gasteiger partial charge in [-0.15, -0.1) is 0 Å². The third kappa shape index (κ3) is 2.83. The second-order valence-electron chi connectivity index (χ2n) is 3.69. The molecule has 0 atom stereocenters. The summed E-state index contributed by atoms with van der Waals surface area (Å²) in [5, 5.41) is 28.5. The number of nitrogens with two attached hydrogens (primary N) is 1. The Bertz CT molecular complexity index is 600. The summed E-state index contributed by atoms with van der Waals surface area (Å²) >= 11 is 0. The van der Waals surface area contributed by atoms with Crippen molar-refractivity contribution in [2.45, 2.75) is 13.8 Å². The first-order valence-corrected chi connectivity index (χ1v) is 5.09. The number of hydrogen-bond acceptors (Lipinski definition) is 5. The number of hydrogen-bond donors (Lipinski definition) is 3. The van der Waals surface area contributed by atoms with Crippen LogP contribution in [-0.2, 0) is 0 Å². The molecule has 0 fully saturated rings. The molecule has 0 aliphatic rings. The van der Waals surface area contributed by atoms with Crippen LogP contribution in [0.2, 0.25) is 0 Å². The Kier molecular flexibility index (Phi) is 4.01. The van der Waals surface area contributed by atoms with Crippen LogP contribution < -0.4 is 11.2 Å². The van der Waals surface area contributed by atoms with Crippen molar-refractivity contribution in [1.82, 2.24) is 0 Å². The van der Waals surface area contributed by atoms with Crippen molar-refractivity contribution in [1.29, 1.82) is 15.9 Å². The fourth-order valence-electron chi connectivity index (χ4n) is 1.35. The molecule has 0 unspecified atom stereocenters. The summed E-state index contributed by atoms with van der Waals surface area (Å²) in [6, 6.07) is 7.26. The molecule has 1 rings (SSSR count). The quantitative estimate of drug-likeness (QED) is 0.420. The van der Waals surface area contributed by atoms with Gasteiger partial charge in [0.1, 0.15) is 6.07 Å². The minimum atomic E-state index is -0.407. The van der Waals surface area contributed by atoms with Crippen LogP contribution >= 0.6 is 0 Å². The van der Waals surface area contributed by atoms with Gasteiger partial charge in [-0.05, 0) is 31.0 Å². The number of rotatable bonds is 3. The molecule has 90 valence electrons. The van der Waals surface area contributed by atoms with Crippen molar-refractivity contribution >= 4 is 17.2 Å². The number of nitriles is 2. The van der Waals surface area contributed by atoms with Crippen LogP contribution in [0.3, 0.4) is 0 Å². The molecule has 0 aliphatic carbocycles. The molecule has 0 spiro atoms. The van der Waals surface area contributed by atoms with E-state index in [1.807, 2.05) is 19.9 Å². The minimum Gasteiger partial charge on any atom is -0.382 e. The molecular formula is C12H12N6. The molecule has 6 heteroatoms. The average Bonchev–Trinajstić information content (AvgIpc) is 2.31. The van der Waals surface area contributed by atoms with Gasteiger partial charge in [0.05, 0.1) is 17.3 Å². The van der Waals surface area contributed by atoms with Gasteiger partial charge in [-0.1, -0.05) is 6.07 Å². The van der Waals surface area contributed by atoms with Crippen LogP contribution in [0.5, 0.6) is 0 Å². The van der Waals surface area contributed by atoms with Crippen molar-refractivity contribution in [3.63, 3.8) is 0 Å². The first-order valence-electron chi connectivity index (χ1n) is 5.09. The predicted octanol–water partition coefficient (Wildman–Crippen LogP) is 1.40. The highest BCUT2D eigenvalue weighted by molar-refractivity contribution is 6.45. The van der Waals surface area contributed by atoms with Crippen LogP contribution in [0.4, 0.5) is 5.69 Å². The van der Waals surface area contributed by atoms with Crippen LogP contribution in [-0.4, -0.2) is 11.5 Å². The highest BCUT2D eigenvalue weighted by Gasteiger charge is 2.05. The van der Waals surface area contributed by atoms with Crippen molar-refractivity contribution in [3.8, 4) is 12.1 Å². The molecule has 1 aromatic rings. The highest BCUT2D eigenvalue weighted by Crippen LogP contribution is 2.20. The number of nitrogens with one attached hydrogen (secondary N) is 2. The second-order valence-corrected chi connectivity index (χ2v) is 3.69. The van der Waals surface area contributed by atoms with Crippen molar-refractivity contribution in [2.24, 2.45) is 10.8 Å². The second kappa shape index (κ2) is 5.46. The third-order valence-electron chi connectivity index (χ3n) is 2.34. The Morgan fingerprint density at radius 3 is 2.50 bits per heavy atom. The summed E-state index contributed by atoms with van der Waals surface area (Å²) in [4.78, 5) is 0. The standard InChI is InChI=1S/C12H12N6/c1-7-3-8(2)10(4-9(7)5-13)17-18-11(6-14)12(15)16/h3-4,17H,1-2H3,(H3,15,16)/b18-11+. The zero-order valence-corrected chi connectivity index (χ0v) is 10.1. The van der Waals surface area contributed by atoms with E-state index in [2.05, 4.69) is 16.6 Å². The van der Waals surface area contributed by atoms with Crippen LogP contribution in [0.15, 0.2) is 17.2 Å². The summed E-state index contributed by atoms with van der Waals surface area (Å²) in [5.74, 6) is -0.407. The van der Waals surface area contributed by atoms with Gasteiger partial charge in [0.2, 0.25) is 5.71 Å². The lowest BCUT2D eigenvalue weighted by Crippen LogP contribution is -2.22. The van der Waals surface area contributed by atoms with Gasteiger partial charge < -0.3 is 5.73 Å². The maximum absolute atomic E-state index is 8.93. The zero-order chi connectivity index (χ0) is 13.7. The number of anilines is 1. The summed E-state index contributed by atoms with van der Waals surface area (Å²) < 4.78 is 0. The van der Waals surface area contributed by atoms with E-state index in [1.165, 1.54) is 0 Å². The summed E-state index contributed by atoms with van der Waals surface area (Å²) in [7, 11) is 0. The van der Waals surface area contributed by atoms with Crippen LogP contribution in [0.1, 0.15) is 16.7 Å². The molecule has 0 aliphatic heterocycles. The Labute approximate surface area is 105 Å². The minimum absolute atomic E-state index is 0.200. The fourth-order valence-corrected chi connectivity index (χ4v) is 1.35. The van der Waals surface area contributed by atoms with Gasteiger partial charge in [0, 0.05) is 0 Å². The Balaban J connectivity index is 3.11. The molecular weight excluding hydrogens is 228 g/mol. The first-order chi connectivity index (χ1) is 8.49. The lowest BCUT2D eigenvalue weighted by atomic mass is 10.1. The molecule has 4 N–H and O–H groups in total. The van der Waals surface area contributed by atoms with E-state index in [0.29, 0.717) is 11.3 Å². The van der Waals surface area contributed by atoms with Crippen LogP contribution in [0, 0.1) is 41.9 Å². The molecule has 1 aromatic carbocycles. The van der Waals surface area contributed by atoms with Crippen LogP contribution in [0.25, 0.3) is 0 Å². The number of amidine groups is 1. The molecule has 0 aromatic heterocycles. The van der Waals surface area contributed by atoms with Gasteiger partial charge in [-0.25, -0.2) is 0 Å². The van der Waals surface area contributed by atoms with E-state index < -0.39 is 5.84 Å². The van der Waals surface area contributed by atoms with Gasteiger partial charge >= 0.3 is 0 Å². The fraction of sp³-hybridized carbons (Fsp3) is 0.167. The molecule has 0 heterocycles. The number of benzene rings is 1. The topological polar surface area (TPSA) is 122 Å². The Hall–Kier alpha value is -2.86. The first kappa shape index (κ1) is 13.2. The van der Waals surface area contributed by atoms with E-state index in [-0.39, 0.29) is 5.71 Å². The molecule has 18 heavy (non-hydrogen) atoms. The molecule has 0 saturated carbocycles. The third-order valence-corrected chi connectivity index (χ3v) is 2.34. The smallest absolute Gasteiger partial charge is 0.201 e.